The van der Waals surface area contributed by atoms with Crippen molar-refractivity contribution in [2.45, 2.75) is 52.0 Å². The number of carbonyl (C=O) groups excluding carboxylic acids is 2. The van der Waals surface area contributed by atoms with Crippen LogP contribution >= 0.6 is 0 Å². The van der Waals surface area contributed by atoms with Crippen molar-refractivity contribution in [3.63, 3.8) is 0 Å². The van der Waals surface area contributed by atoms with Crippen LogP contribution in [0.5, 0.6) is 0 Å². The van der Waals surface area contributed by atoms with Gasteiger partial charge in [-0.05, 0) is 51.2 Å². The summed E-state index contributed by atoms with van der Waals surface area (Å²) < 4.78 is 5.33. The molecule has 132 valence electrons. The molecule has 1 amide bonds. The number of hydrogen-bond donors (Lipinski definition) is 1. The van der Waals surface area contributed by atoms with E-state index in [0.717, 1.165) is 47.8 Å². The number of pyridine rings is 1. The molecule has 0 fully saturated rings. The van der Waals surface area contributed by atoms with E-state index in [9.17, 15) is 9.59 Å². The lowest BCUT2D eigenvalue weighted by Crippen LogP contribution is -2.44. The van der Waals surface area contributed by atoms with Gasteiger partial charge in [0.15, 0.2) is 6.61 Å². The van der Waals surface area contributed by atoms with Gasteiger partial charge in [-0.3, -0.25) is 9.78 Å². The molecule has 0 spiro atoms. The van der Waals surface area contributed by atoms with Gasteiger partial charge in [0.25, 0.3) is 5.91 Å². The Morgan fingerprint density at radius 2 is 2.00 bits per heavy atom. The molecule has 1 heterocycles. The third-order valence-electron chi connectivity index (χ3n) is 4.82. The first kappa shape index (κ1) is 17.4. The van der Waals surface area contributed by atoms with Gasteiger partial charge in [-0.2, -0.15) is 0 Å². The zero-order valence-corrected chi connectivity index (χ0v) is 15.0. The summed E-state index contributed by atoms with van der Waals surface area (Å²) in [7, 11) is 0. The van der Waals surface area contributed by atoms with Crippen LogP contribution in [0, 0.1) is 0 Å². The van der Waals surface area contributed by atoms with E-state index in [4.69, 9.17) is 4.74 Å². The first-order valence-corrected chi connectivity index (χ1v) is 8.80. The standard InChI is InChI=1S/C20H24N2O3/c1-4-20(2,3)22-17(23)12-25-19(24)18-13-8-5-6-10-15(13)21-16-11-7-9-14(16)18/h5-6,8,10H,4,7,9,11-12H2,1-3H3,(H,22,23). The van der Waals surface area contributed by atoms with Gasteiger partial charge in [0.05, 0.1) is 11.1 Å². The second-order valence-electron chi connectivity index (χ2n) is 7.14. The predicted molar refractivity (Wildman–Crippen MR) is 96.6 cm³/mol. The summed E-state index contributed by atoms with van der Waals surface area (Å²) in [4.78, 5) is 29.4. The highest BCUT2D eigenvalue weighted by Crippen LogP contribution is 2.30. The molecule has 0 atom stereocenters. The topological polar surface area (TPSA) is 68.3 Å². The van der Waals surface area contributed by atoms with Crippen molar-refractivity contribution < 1.29 is 14.3 Å². The van der Waals surface area contributed by atoms with Crippen LogP contribution in [0.25, 0.3) is 10.9 Å². The number of aryl methyl sites for hydroxylation is 1. The smallest absolute Gasteiger partial charge is 0.339 e. The Balaban J connectivity index is 1.82. The van der Waals surface area contributed by atoms with E-state index in [1.165, 1.54) is 0 Å². The molecule has 3 rings (SSSR count). The fourth-order valence-corrected chi connectivity index (χ4v) is 3.15. The molecule has 25 heavy (non-hydrogen) atoms. The molecule has 5 heteroatoms. The Kier molecular flexibility index (Phi) is 4.75. The molecule has 0 bridgehead atoms. The number of nitrogens with zero attached hydrogens (tertiary/aromatic N) is 1. The summed E-state index contributed by atoms with van der Waals surface area (Å²) in [6.07, 6.45) is 3.50. The Hall–Kier alpha value is -2.43. The highest BCUT2D eigenvalue weighted by molar-refractivity contribution is 6.05. The Bertz CT molecular complexity index is 827. The van der Waals surface area contributed by atoms with Crippen molar-refractivity contribution in [2.75, 3.05) is 6.61 Å². The van der Waals surface area contributed by atoms with E-state index < -0.39 is 5.97 Å². The van der Waals surface area contributed by atoms with Gasteiger partial charge in [0, 0.05) is 16.6 Å². The quantitative estimate of drug-likeness (QED) is 0.849. The van der Waals surface area contributed by atoms with E-state index >= 15 is 0 Å². The summed E-state index contributed by atoms with van der Waals surface area (Å²) >= 11 is 0. The predicted octanol–water partition coefficient (Wildman–Crippen LogP) is 3.19. The Labute approximate surface area is 147 Å². The number of ether oxygens (including phenoxy) is 1. The van der Waals surface area contributed by atoms with Gasteiger partial charge >= 0.3 is 5.97 Å². The summed E-state index contributed by atoms with van der Waals surface area (Å²) in [5.41, 5.74) is 3.00. The SMILES string of the molecule is CCC(C)(C)NC(=O)COC(=O)c1c2c(nc3ccccc13)CCC2. The molecule has 0 saturated carbocycles. The minimum absolute atomic E-state index is 0.270. The van der Waals surface area contributed by atoms with Crippen molar-refractivity contribution in [2.24, 2.45) is 0 Å². The Morgan fingerprint density at radius 1 is 1.24 bits per heavy atom. The van der Waals surface area contributed by atoms with Gasteiger partial charge in [-0.1, -0.05) is 25.1 Å². The fraction of sp³-hybridized carbons (Fsp3) is 0.450. The molecule has 0 radical (unpaired) electrons. The highest BCUT2D eigenvalue weighted by Gasteiger charge is 2.25. The summed E-state index contributed by atoms with van der Waals surface area (Å²) in [5.74, 6) is -0.726. The van der Waals surface area contributed by atoms with Crippen molar-refractivity contribution in [3.8, 4) is 0 Å². The maximum Gasteiger partial charge on any atom is 0.339 e. The normalized spacial score (nSPS) is 13.6. The van der Waals surface area contributed by atoms with Crippen LogP contribution in [0.3, 0.4) is 0 Å². The average molecular weight is 340 g/mol. The molecule has 0 aliphatic heterocycles. The highest BCUT2D eigenvalue weighted by atomic mass is 16.5. The minimum Gasteiger partial charge on any atom is -0.452 e. The number of amides is 1. The van der Waals surface area contributed by atoms with Crippen molar-refractivity contribution >= 4 is 22.8 Å². The molecule has 1 aliphatic rings. The monoisotopic (exact) mass is 340 g/mol. The number of esters is 1. The molecule has 0 unspecified atom stereocenters. The lowest BCUT2D eigenvalue weighted by Gasteiger charge is -2.24. The van der Waals surface area contributed by atoms with Crippen LogP contribution in [-0.4, -0.2) is 29.0 Å². The van der Waals surface area contributed by atoms with E-state index in [0.29, 0.717) is 5.56 Å². The summed E-state index contributed by atoms with van der Waals surface area (Å²) in [6, 6.07) is 7.59. The second kappa shape index (κ2) is 6.82. The third-order valence-corrected chi connectivity index (χ3v) is 4.82. The van der Waals surface area contributed by atoms with E-state index in [2.05, 4.69) is 10.3 Å². The number of rotatable bonds is 5. The molecule has 1 aromatic carbocycles. The van der Waals surface area contributed by atoms with Crippen LogP contribution < -0.4 is 5.32 Å². The van der Waals surface area contributed by atoms with Gasteiger partial charge in [-0.25, -0.2) is 4.79 Å². The fourth-order valence-electron chi connectivity index (χ4n) is 3.15. The van der Waals surface area contributed by atoms with Crippen molar-refractivity contribution in [1.82, 2.24) is 10.3 Å². The van der Waals surface area contributed by atoms with Crippen LogP contribution in [0.1, 0.15) is 55.2 Å². The van der Waals surface area contributed by atoms with Gasteiger partial charge in [-0.15, -0.1) is 0 Å². The van der Waals surface area contributed by atoms with E-state index in [1.807, 2.05) is 45.0 Å². The third kappa shape index (κ3) is 3.65. The van der Waals surface area contributed by atoms with Crippen molar-refractivity contribution in [1.29, 1.82) is 0 Å². The number of nitrogens with one attached hydrogen (secondary N) is 1. The van der Waals surface area contributed by atoms with E-state index in [-0.39, 0.29) is 18.1 Å². The number of hydrogen-bond acceptors (Lipinski definition) is 4. The van der Waals surface area contributed by atoms with Crippen molar-refractivity contribution in [3.05, 3.63) is 41.1 Å². The van der Waals surface area contributed by atoms with Crippen LogP contribution in [-0.2, 0) is 22.4 Å². The molecular weight excluding hydrogens is 316 g/mol. The molecule has 5 nitrogen and oxygen atoms in total. The first-order chi connectivity index (χ1) is 11.9. The minimum atomic E-state index is -0.443. The maximum atomic E-state index is 12.7. The lowest BCUT2D eigenvalue weighted by atomic mass is 10.0. The molecule has 1 aromatic heterocycles. The van der Waals surface area contributed by atoms with Crippen LogP contribution in [0.4, 0.5) is 0 Å². The summed E-state index contributed by atoms with van der Waals surface area (Å²) in [5, 5.41) is 3.67. The number of aromatic nitrogens is 1. The van der Waals surface area contributed by atoms with Crippen LogP contribution in [0.15, 0.2) is 24.3 Å². The maximum absolute atomic E-state index is 12.7. The average Bonchev–Trinajstić information content (AvgIpc) is 3.05. The zero-order chi connectivity index (χ0) is 18.0. The molecule has 2 aromatic rings. The number of benzene rings is 1. The number of fused-ring (bicyclic) bond motifs is 2. The Morgan fingerprint density at radius 3 is 2.76 bits per heavy atom. The van der Waals surface area contributed by atoms with Gasteiger partial charge in [0.2, 0.25) is 0 Å². The number of carbonyl (C=O) groups is 2. The van der Waals surface area contributed by atoms with E-state index in [1.54, 1.807) is 0 Å². The molecule has 1 N–H and O–H groups in total. The lowest BCUT2D eigenvalue weighted by molar-refractivity contribution is -0.125. The summed E-state index contributed by atoms with van der Waals surface area (Å²) in [6.45, 7) is 5.61. The van der Waals surface area contributed by atoms with Gasteiger partial charge in [0.1, 0.15) is 0 Å². The zero-order valence-electron chi connectivity index (χ0n) is 15.0. The number of para-hydroxylation sites is 1. The molecule has 0 saturated heterocycles. The first-order valence-electron chi connectivity index (χ1n) is 8.80. The molecule has 1 aliphatic carbocycles. The molecular formula is C20H24N2O3. The van der Waals surface area contributed by atoms with Gasteiger partial charge < -0.3 is 10.1 Å². The largest absolute Gasteiger partial charge is 0.452 e. The van der Waals surface area contributed by atoms with Crippen LogP contribution in [0.2, 0.25) is 0 Å². The second-order valence-corrected chi connectivity index (χ2v) is 7.14.